The fourth-order valence-electron chi connectivity index (χ4n) is 2.37. The summed E-state index contributed by atoms with van der Waals surface area (Å²) in [5.41, 5.74) is 2.30. The van der Waals surface area contributed by atoms with E-state index < -0.39 is 0 Å². The SMILES string of the molecule is CCCN(CCC)C(=O)c1cc(Nc2cccc(Br)c2)ccn1. The highest BCUT2D eigenvalue weighted by Crippen LogP contribution is 2.21. The highest BCUT2D eigenvalue weighted by molar-refractivity contribution is 9.10. The van der Waals surface area contributed by atoms with Crippen LogP contribution in [0.25, 0.3) is 0 Å². The Morgan fingerprint density at radius 2 is 1.83 bits per heavy atom. The molecule has 0 radical (unpaired) electrons. The summed E-state index contributed by atoms with van der Waals surface area (Å²) in [6, 6.07) is 11.6. The van der Waals surface area contributed by atoms with Crippen LogP contribution in [-0.4, -0.2) is 28.9 Å². The van der Waals surface area contributed by atoms with Crippen molar-refractivity contribution in [1.82, 2.24) is 9.88 Å². The number of benzene rings is 1. The molecule has 0 saturated heterocycles. The molecule has 1 aromatic carbocycles. The summed E-state index contributed by atoms with van der Waals surface area (Å²) in [6.45, 7) is 5.68. The second-order valence-electron chi connectivity index (χ2n) is 5.36. The fraction of sp³-hybridized carbons (Fsp3) is 0.333. The van der Waals surface area contributed by atoms with Crippen LogP contribution in [0.2, 0.25) is 0 Å². The van der Waals surface area contributed by atoms with Crippen LogP contribution in [0.5, 0.6) is 0 Å². The van der Waals surface area contributed by atoms with Crippen molar-refractivity contribution in [3.8, 4) is 0 Å². The summed E-state index contributed by atoms with van der Waals surface area (Å²) in [6.07, 6.45) is 3.56. The minimum Gasteiger partial charge on any atom is -0.355 e. The van der Waals surface area contributed by atoms with Crippen molar-refractivity contribution >= 4 is 33.2 Å². The zero-order chi connectivity index (χ0) is 16.7. The summed E-state index contributed by atoms with van der Waals surface area (Å²) in [7, 11) is 0. The molecule has 0 atom stereocenters. The van der Waals surface area contributed by atoms with Gasteiger partial charge in [0.1, 0.15) is 5.69 Å². The van der Waals surface area contributed by atoms with Crippen LogP contribution < -0.4 is 5.32 Å². The van der Waals surface area contributed by atoms with E-state index >= 15 is 0 Å². The molecule has 1 aromatic heterocycles. The second-order valence-corrected chi connectivity index (χ2v) is 6.27. The van der Waals surface area contributed by atoms with Crippen LogP contribution in [0.3, 0.4) is 0 Å². The number of aromatic nitrogens is 1. The molecule has 0 saturated carbocycles. The number of hydrogen-bond donors (Lipinski definition) is 1. The van der Waals surface area contributed by atoms with E-state index in [1.54, 1.807) is 6.20 Å². The zero-order valence-corrected chi connectivity index (χ0v) is 15.1. The predicted octanol–water partition coefficient (Wildman–Crippen LogP) is 4.85. The van der Waals surface area contributed by atoms with Crippen molar-refractivity contribution in [1.29, 1.82) is 0 Å². The Morgan fingerprint density at radius 3 is 2.48 bits per heavy atom. The number of hydrogen-bond acceptors (Lipinski definition) is 3. The molecule has 1 heterocycles. The van der Waals surface area contributed by atoms with Crippen molar-refractivity contribution in [3.63, 3.8) is 0 Å². The van der Waals surface area contributed by atoms with Crippen molar-refractivity contribution in [3.05, 3.63) is 52.8 Å². The third-order valence-electron chi connectivity index (χ3n) is 3.37. The molecule has 23 heavy (non-hydrogen) atoms. The van der Waals surface area contributed by atoms with Gasteiger partial charge >= 0.3 is 0 Å². The van der Waals surface area contributed by atoms with E-state index in [4.69, 9.17) is 0 Å². The lowest BCUT2D eigenvalue weighted by Crippen LogP contribution is -2.33. The normalized spacial score (nSPS) is 10.4. The van der Waals surface area contributed by atoms with E-state index in [1.165, 1.54) is 0 Å². The Morgan fingerprint density at radius 1 is 1.13 bits per heavy atom. The fourth-order valence-corrected chi connectivity index (χ4v) is 2.77. The van der Waals surface area contributed by atoms with E-state index in [9.17, 15) is 4.79 Å². The maximum atomic E-state index is 12.6. The Hall–Kier alpha value is -1.88. The first kappa shape index (κ1) is 17.5. The lowest BCUT2D eigenvalue weighted by molar-refractivity contribution is 0.0750. The first-order valence-corrected chi connectivity index (χ1v) is 8.71. The van der Waals surface area contributed by atoms with Gasteiger partial charge in [0.2, 0.25) is 0 Å². The van der Waals surface area contributed by atoms with E-state index in [1.807, 2.05) is 41.3 Å². The van der Waals surface area contributed by atoms with E-state index in [0.29, 0.717) is 5.69 Å². The van der Waals surface area contributed by atoms with Gasteiger partial charge < -0.3 is 10.2 Å². The van der Waals surface area contributed by atoms with Gasteiger partial charge in [0.15, 0.2) is 0 Å². The van der Waals surface area contributed by atoms with E-state index in [0.717, 1.165) is 41.8 Å². The van der Waals surface area contributed by atoms with Gasteiger partial charge in [-0.1, -0.05) is 35.8 Å². The van der Waals surface area contributed by atoms with Crippen molar-refractivity contribution in [2.45, 2.75) is 26.7 Å². The lowest BCUT2D eigenvalue weighted by atomic mass is 10.2. The van der Waals surface area contributed by atoms with Crippen LogP contribution in [0.1, 0.15) is 37.2 Å². The highest BCUT2D eigenvalue weighted by Gasteiger charge is 2.15. The molecular weight excluding hydrogens is 354 g/mol. The Kier molecular flexibility index (Phi) is 6.59. The maximum absolute atomic E-state index is 12.6. The topological polar surface area (TPSA) is 45.2 Å². The molecule has 4 nitrogen and oxygen atoms in total. The van der Waals surface area contributed by atoms with Crippen molar-refractivity contribution in [2.24, 2.45) is 0 Å². The lowest BCUT2D eigenvalue weighted by Gasteiger charge is -2.21. The van der Waals surface area contributed by atoms with Gasteiger partial charge in [0.05, 0.1) is 0 Å². The molecule has 2 rings (SSSR count). The minimum atomic E-state index is -0.00778. The van der Waals surface area contributed by atoms with E-state index in [2.05, 4.69) is 40.1 Å². The second kappa shape index (κ2) is 8.67. The van der Waals surface area contributed by atoms with Gasteiger partial charge in [-0.15, -0.1) is 0 Å². The van der Waals surface area contributed by atoms with E-state index in [-0.39, 0.29) is 5.91 Å². The van der Waals surface area contributed by atoms with Gasteiger partial charge in [-0.05, 0) is 43.2 Å². The molecule has 1 amide bonds. The number of rotatable bonds is 7. The van der Waals surface area contributed by atoms with Crippen LogP contribution in [0, 0.1) is 0 Å². The van der Waals surface area contributed by atoms with Crippen LogP contribution in [0.4, 0.5) is 11.4 Å². The summed E-state index contributed by atoms with van der Waals surface area (Å²) < 4.78 is 1.00. The molecule has 0 bridgehead atoms. The molecule has 0 unspecified atom stereocenters. The third-order valence-corrected chi connectivity index (χ3v) is 3.86. The molecular formula is C18H22BrN3O. The number of carbonyl (C=O) groups is 1. The Balaban J connectivity index is 2.16. The number of carbonyl (C=O) groups excluding carboxylic acids is 1. The maximum Gasteiger partial charge on any atom is 0.272 e. The summed E-state index contributed by atoms with van der Waals surface area (Å²) in [4.78, 5) is 18.7. The summed E-state index contributed by atoms with van der Waals surface area (Å²) in [5, 5.41) is 3.30. The molecule has 0 fully saturated rings. The first-order valence-electron chi connectivity index (χ1n) is 7.92. The Labute approximate surface area is 146 Å². The largest absolute Gasteiger partial charge is 0.355 e. The number of nitrogens with one attached hydrogen (secondary N) is 1. The molecule has 122 valence electrons. The molecule has 2 aromatic rings. The standard InChI is InChI=1S/C18H22BrN3O/c1-3-10-22(11-4-2)18(23)17-13-16(8-9-20-17)21-15-7-5-6-14(19)12-15/h5-9,12-13H,3-4,10-11H2,1-2H3,(H,20,21). The first-order chi connectivity index (χ1) is 11.1. The number of pyridine rings is 1. The molecule has 1 N–H and O–H groups in total. The van der Waals surface area contributed by atoms with Gasteiger partial charge in [-0.25, -0.2) is 0 Å². The Bertz CT molecular complexity index is 654. The quantitative estimate of drug-likeness (QED) is 0.751. The average molecular weight is 376 g/mol. The number of nitrogens with zero attached hydrogens (tertiary/aromatic N) is 2. The smallest absolute Gasteiger partial charge is 0.272 e. The molecule has 0 spiro atoms. The number of halogens is 1. The van der Waals surface area contributed by atoms with Gasteiger partial charge in [0.25, 0.3) is 5.91 Å². The molecule has 0 aliphatic rings. The van der Waals surface area contributed by atoms with Gasteiger partial charge in [-0.2, -0.15) is 0 Å². The molecule has 0 aliphatic heterocycles. The number of amides is 1. The molecule has 5 heteroatoms. The monoisotopic (exact) mass is 375 g/mol. The predicted molar refractivity (Wildman–Crippen MR) is 98.1 cm³/mol. The van der Waals surface area contributed by atoms with Crippen LogP contribution >= 0.6 is 15.9 Å². The zero-order valence-electron chi connectivity index (χ0n) is 13.6. The van der Waals surface area contributed by atoms with Crippen LogP contribution in [-0.2, 0) is 0 Å². The van der Waals surface area contributed by atoms with Crippen molar-refractivity contribution in [2.75, 3.05) is 18.4 Å². The van der Waals surface area contributed by atoms with Gasteiger partial charge in [-0.3, -0.25) is 9.78 Å². The summed E-state index contributed by atoms with van der Waals surface area (Å²) >= 11 is 3.45. The average Bonchev–Trinajstić information content (AvgIpc) is 2.54. The van der Waals surface area contributed by atoms with Crippen molar-refractivity contribution < 1.29 is 4.79 Å². The molecule has 0 aliphatic carbocycles. The highest BCUT2D eigenvalue weighted by atomic mass is 79.9. The minimum absolute atomic E-state index is 0.00778. The summed E-state index contributed by atoms with van der Waals surface area (Å²) in [5.74, 6) is -0.00778. The van der Waals surface area contributed by atoms with Gasteiger partial charge in [0, 0.05) is 35.1 Å². The van der Waals surface area contributed by atoms with Crippen LogP contribution in [0.15, 0.2) is 47.1 Å². The number of anilines is 2. The third kappa shape index (κ3) is 5.06.